The quantitative estimate of drug-likeness (QED) is 0.542. The van der Waals surface area contributed by atoms with Gasteiger partial charge in [0.2, 0.25) is 0 Å². The molecule has 0 aliphatic carbocycles. The van der Waals surface area contributed by atoms with Gasteiger partial charge in [0.15, 0.2) is 0 Å². The van der Waals surface area contributed by atoms with Gasteiger partial charge in [0.05, 0.1) is 12.2 Å². The fourth-order valence-electron chi connectivity index (χ4n) is 2.45. The number of benzene rings is 1. The zero-order valence-electron chi connectivity index (χ0n) is 13.5. The summed E-state index contributed by atoms with van der Waals surface area (Å²) in [7, 11) is 0. The molecule has 126 valence electrons. The van der Waals surface area contributed by atoms with E-state index in [-0.39, 0.29) is 5.69 Å². The first-order valence-corrected chi connectivity index (χ1v) is 9.61. The Morgan fingerprint density at radius 1 is 1.08 bits per heavy atom. The smallest absolute Gasteiger partial charge is 0.244 e. The maximum atomic E-state index is 12.4. The van der Waals surface area contributed by atoms with E-state index < -0.39 is 0 Å². The molecule has 3 heterocycles. The lowest BCUT2D eigenvalue weighted by Gasteiger charge is -1.99. The van der Waals surface area contributed by atoms with Crippen molar-refractivity contribution in [3.05, 3.63) is 68.9 Å². The number of thiazole rings is 1. The van der Waals surface area contributed by atoms with E-state index in [1.54, 1.807) is 11.3 Å². The number of aromatic nitrogens is 5. The van der Waals surface area contributed by atoms with E-state index >= 15 is 0 Å². The number of tetrazole rings is 1. The summed E-state index contributed by atoms with van der Waals surface area (Å²) in [6.45, 7) is 2.45. The first-order valence-electron chi connectivity index (χ1n) is 7.85. The van der Waals surface area contributed by atoms with Crippen molar-refractivity contribution in [3.63, 3.8) is 0 Å². The van der Waals surface area contributed by atoms with Crippen LogP contribution >= 0.6 is 22.7 Å². The van der Waals surface area contributed by atoms with Crippen LogP contribution in [0.15, 0.2) is 52.0 Å². The second-order valence-corrected chi connectivity index (χ2v) is 7.26. The van der Waals surface area contributed by atoms with Crippen molar-refractivity contribution in [1.82, 2.24) is 24.8 Å². The van der Waals surface area contributed by atoms with Crippen molar-refractivity contribution < 1.29 is 0 Å². The number of nitrogens with zero attached hydrogens (tertiary/aromatic N) is 5. The molecule has 0 spiro atoms. The average molecular weight is 369 g/mol. The number of aryl methyl sites for hydroxylation is 1. The Morgan fingerprint density at radius 3 is 2.64 bits per heavy atom. The summed E-state index contributed by atoms with van der Waals surface area (Å²) in [4.78, 5) is 17.0. The molecule has 1 aromatic carbocycles. The topological polar surface area (TPSA) is 65.6 Å². The van der Waals surface area contributed by atoms with Crippen molar-refractivity contribution in [2.45, 2.75) is 19.9 Å². The molecule has 3 aromatic heterocycles. The summed E-state index contributed by atoms with van der Waals surface area (Å²) in [6.07, 6.45) is 1.02. The van der Waals surface area contributed by atoms with Crippen LogP contribution in [0.25, 0.3) is 15.6 Å². The molecule has 0 saturated carbocycles. The maximum absolute atomic E-state index is 12.4. The van der Waals surface area contributed by atoms with Crippen LogP contribution in [0.4, 0.5) is 0 Å². The minimum Gasteiger partial charge on any atom is -0.244 e. The van der Waals surface area contributed by atoms with Crippen LogP contribution < -0.4 is 5.69 Å². The van der Waals surface area contributed by atoms with Gasteiger partial charge >= 0.3 is 5.69 Å². The van der Waals surface area contributed by atoms with Gasteiger partial charge in [-0.15, -0.1) is 22.7 Å². The third-order valence-electron chi connectivity index (χ3n) is 3.83. The summed E-state index contributed by atoms with van der Waals surface area (Å²) in [5.41, 5.74) is 2.93. The lowest BCUT2D eigenvalue weighted by molar-refractivity contribution is 0.624. The van der Waals surface area contributed by atoms with Gasteiger partial charge in [-0.3, -0.25) is 0 Å². The van der Waals surface area contributed by atoms with Gasteiger partial charge < -0.3 is 0 Å². The third kappa shape index (κ3) is 3.18. The molecule has 4 aromatic rings. The first-order chi connectivity index (χ1) is 12.2. The van der Waals surface area contributed by atoms with Crippen molar-refractivity contribution in [1.29, 1.82) is 0 Å². The summed E-state index contributed by atoms with van der Waals surface area (Å²) in [5.74, 6) is 0. The molecule has 0 aliphatic rings. The molecular weight excluding hydrogens is 354 g/mol. The second-order valence-electron chi connectivity index (χ2n) is 5.48. The largest absolute Gasteiger partial charge is 0.369 e. The van der Waals surface area contributed by atoms with Gasteiger partial charge in [0, 0.05) is 10.9 Å². The molecule has 6 nitrogen and oxygen atoms in total. The molecule has 0 N–H and O–H groups in total. The molecule has 0 radical (unpaired) electrons. The predicted molar refractivity (Wildman–Crippen MR) is 99.5 cm³/mol. The van der Waals surface area contributed by atoms with Crippen LogP contribution in [-0.2, 0) is 13.0 Å². The first kappa shape index (κ1) is 15.9. The average Bonchev–Trinajstić information content (AvgIpc) is 3.38. The summed E-state index contributed by atoms with van der Waals surface area (Å²) >= 11 is 3.01. The minimum absolute atomic E-state index is 0.260. The molecule has 8 heteroatoms. The molecule has 0 bridgehead atoms. The van der Waals surface area contributed by atoms with Gasteiger partial charge in [-0.2, -0.15) is 9.36 Å². The molecule has 25 heavy (non-hydrogen) atoms. The molecule has 0 unspecified atom stereocenters. The van der Waals surface area contributed by atoms with Gasteiger partial charge in [-0.1, -0.05) is 31.2 Å². The minimum atomic E-state index is -0.260. The maximum Gasteiger partial charge on any atom is 0.369 e. The molecule has 0 amide bonds. The van der Waals surface area contributed by atoms with Crippen molar-refractivity contribution in [2.24, 2.45) is 0 Å². The lowest BCUT2D eigenvalue weighted by atomic mass is 10.1. The zero-order valence-corrected chi connectivity index (χ0v) is 15.1. The molecule has 0 atom stereocenters. The van der Waals surface area contributed by atoms with Crippen LogP contribution in [0.5, 0.6) is 0 Å². The molecular formula is C17H15N5OS2. The van der Waals surface area contributed by atoms with Crippen LogP contribution in [0.2, 0.25) is 0 Å². The summed E-state index contributed by atoms with van der Waals surface area (Å²) in [5, 5.41) is 13.5. The van der Waals surface area contributed by atoms with E-state index in [4.69, 9.17) is 0 Å². The van der Waals surface area contributed by atoms with Crippen LogP contribution in [0, 0.1) is 0 Å². The van der Waals surface area contributed by atoms with E-state index in [2.05, 4.69) is 46.6 Å². The van der Waals surface area contributed by atoms with Gasteiger partial charge in [0.1, 0.15) is 10.0 Å². The lowest BCUT2D eigenvalue weighted by Crippen LogP contribution is -2.24. The normalized spacial score (nSPS) is 11.1. The van der Waals surface area contributed by atoms with E-state index in [0.717, 1.165) is 27.7 Å². The number of hydrogen-bond donors (Lipinski definition) is 0. The molecule has 0 fully saturated rings. The highest BCUT2D eigenvalue weighted by Gasteiger charge is 2.12. The standard InChI is InChI=1S/C17H15N5OS2/c1-2-12-5-7-13(8-6-12)16-18-14(11-25-16)10-21-17(23)22(20-19-21)15-4-3-9-24-15/h3-9,11H,2,10H2,1H3. The summed E-state index contributed by atoms with van der Waals surface area (Å²) in [6, 6.07) is 12.1. The van der Waals surface area contributed by atoms with E-state index in [1.807, 2.05) is 22.9 Å². The number of hydrogen-bond acceptors (Lipinski definition) is 6. The monoisotopic (exact) mass is 369 g/mol. The highest BCUT2D eigenvalue weighted by atomic mass is 32.1. The van der Waals surface area contributed by atoms with Crippen molar-refractivity contribution >= 4 is 22.7 Å². The third-order valence-corrected chi connectivity index (χ3v) is 5.61. The predicted octanol–water partition coefficient (Wildman–Crippen LogP) is 3.22. The van der Waals surface area contributed by atoms with Crippen molar-refractivity contribution in [2.75, 3.05) is 0 Å². The number of thiophene rings is 1. The molecule has 0 aliphatic heterocycles. The second kappa shape index (κ2) is 6.73. The van der Waals surface area contributed by atoms with Gasteiger partial charge in [0.25, 0.3) is 0 Å². The highest BCUT2D eigenvalue weighted by Crippen LogP contribution is 2.24. The van der Waals surface area contributed by atoms with E-state index in [0.29, 0.717) is 6.54 Å². The Hall–Kier alpha value is -2.58. The summed E-state index contributed by atoms with van der Waals surface area (Å²) < 4.78 is 2.64. The Morgan fingerprint density at radius 2 is 1.92 bits per heavy atom. The Kier molecular flexibility index (Phi) is 4.29. The Bertz CT molecular complexity index is 1030. The van der Waals surface area contributed by atoms with Gasteiger partial charge in [-0.25, -0.2) is 9.78 Å². The number of rotatable bonds is 5. The SMILES string of the molecule is CCc1ccc(-c2nc(Cn3nnn(-c4cccs4)c3=O)cs2)cc1. The zero-order chi connectivity index (χ0) is 17.2. The van der Waals surface area contributed by atoms with E-state index in [9.17, 15) is 4.79 Å². The van der Waals surface area contributed by atoms with E-state index in [1.165, 1.54) is 26.3 Å². The Labute approximate surface area is 152 Å². The fraction of sp³-hybridized carbons (Fsp3) is 0.176. The van der Waals surface area contributed by atoms with Gasteiger partial charge in [-0.05, 0) is 39.9 Å². The molecule has 0 saturated heterocycles. The van der Waals surface area contributed by atoms with Crippen LogP contribution in [-0.4, -0.2) is 24.8 Å². The fourth-order valence-corrected chi connectivity index (χ4v) is 3.94. The Balaban J connectivity index is 1.56. The molecule has 4 rings (SSSR count). The van der Waals surface area contributed by atoms with Crippen LogP contribution in [0.3, 0.4) is 0 Å². The van der Waals surface area contributed by atoms with Crippen molar-refractivity contribution in [3.8, 4) is 15.6 Å². The van der Waals surface area contributed by atoms with Crippen LogP contribution in [0.1, 0.15) is 18.2 Å². The highest BCUT2D eigenvalue weighted by molar-refractivity contribution is 7.13.